The molecule has 0 aliphatic carbocycles. The number of pyridine rings is 1. The SMILES string of the molecule is O=C(NCc1ccc(Br)s1)c1cnc2ccccn2c1=O. The highest BCUT2D eigenvalue weighted by atomic mass is 79.9. The number of carbonyl (C=O) groups is 1. The van der Waals surface area contributed by atoms with Gasteiger partial charge in [-0.3, -0.25) is 14.0 Å². The maximum absolute atomic E-state index is 12.2. The molecule has 3 rings (SSSR count). The lowest BCUT2D eigenvalue weighted by Gasteiger charge is -2.05. The van der Waals surface area contributed by atoms with Crippen molar-refractivity contribution in [2.45, 2.75) is 6.54 Å². The minimum Gasteiger partial charge on any atom is -0.347 e. The second-order valence-corrected chi connectivity index (χ2v) is 6.84. The normalized spacial score (nSPS) is 10.7. The van der Waals surface area contributed by atoms with Gasteiger partial charge in [-0.1, -0.05) is 6.07 Å². The number of fused-ring (bicyclic) bond motifs is 1. The molecule has 0 bridgehead atoms. The third-order valence-electron chi connectivity index (χ3n) is 2.91. The van der Waals surface area contributed by atoms with Crippen molar-refractivity contribution in [1.29, 1.82) is 0 Å². The molecule has 0 fully saturated rings. The number of hydrogen-bond acceptors (Lipinski definition) is 4. The van der Waals surface area contributed by atoms with E-state index in [1.54, 1.807) is 24.4 Å². The molecule has 0 unspecified atom stereocenters. The predicted octanol–water partition coefficient (Wildman–Crippen LogP) is 2.45. The van der Waals surface area contributed by atoms with E-state index in [2.05, 4.69) is 26.2 Å². The van der Waals surface area contributed by atoms with Crippen LogP contribution >= 0.6 is 27.3 Å². The molecule has 0 saturated carbocycles. The molecule has 0 aromatic carbocycles. The van der Waals surface area contributed by atoms with Gasteiger partial charge in [-0.05, 0) is 40.2 Å². The first-order valence-corrected chi connectivity index (χ1v) is 7.75. The van der Waals surface area contributed by atoms with Crippen molar-refractivity contribution >= 4 is 38.8 Å². The summed E-state index contributed by atoms with van der Waals surface area (Å²) in [5, 5.41) is 2.73. The van der Waals surface area contributed by atoms with Gasteiger partial charge in [0.2, 0.25) is 0 Å². The van der Waals surface area contributed by atoms with Crippen LogP contribution in [0.5, 0.6) is 0 Å². The van der Waals surface area contributed by atoms with Gasteiger partial charge in [0.05, 0.1) is 10.3 Å². The molecule has 0 saturated heterocycles. The molecule has 0 aliphatic heterocycles. The fraction of sp³-hybridized carbons (Fsp3) is 0.0714. The highest BCUT2D eigenvalue weighted by Crippen LogP contribution is 2.21. The van der Waals surface area contributed by atoms with Crippen molar-refractivity contribution in [3.63, 3.8) is 0 Å². The number of aromatic nitrogens is 2. The highest BCUT2D eigenvalue weighted by Gasteiger charge is 2.13. The Morgan fingerprint density at radius 2 is 2.19 bits per heavy atom. The number of nitrogens with one attached hydrogen (secondary N) is 1. The van der Waals surface area contributed by atoms with Crippen molar-refractivity contribution in [3.8, 4) is 0 Å². The zero-order valence-electron chi connectivity index (χ0n) is 10.7. The summed E-state index contributed by atoms with van der Waals surface area (Å²) in [5.41, 5.74) is 0.181. The van der Waals surface area contributed by atoms with E-state index in [9.17, 15) is 9.59 Å². The van der Waals surface area contributed by atoms with Crippen molar-refractivity contribution in [1.82, 2.24) is 14.7 Å². The number of nitrogens with zero attached hydrogens (tertiary/aromatic N) is 2. The Labute approximate surface area is 132 Å². The quantitative estimate of drug-likeness (QED) is 0.777. The van der Waals surface area contributed by atoms with Gasteiger partial charge in [0.1, 0.15) is 11.2 Å². The molecular formula is C14H10BrN3O2S. The van der Waals surface area contributed by atoms with E-state index in [4.69, 9.17) is 0 Å². The molecule has 0 aliphatic rings. The highest BCUT2D eigenvalue weighted by molar-refractivity contribution is 9.11. The van der Waals surface area contributed by atoms with Gasteiger partial charge in [0, 0.05) is 17.3 Å². The summed E-state index contributed by atoms with van der Waals surface area (Å²) < 4.78 is 2.36. The number of carbonyl (C=O) groups excluding carboxylic acids is 1. The number of thiophene rings is 1. The zero-order valence-corrected chi connectivity index (χ0v) is 13.1. The van der Waals surface area contributed by atoms with E-state index in [-0.39, 0.29) is 11.1 Å². The van der Waals surface area contributed by atoms with Gasteiger partial charge in [-0.25, -0.2) is 4.98 Å². The van der Waals surface area contributed by atoms with Gasteiger partial charge in [-0.2, -0.15) is 0 Å². The lowest BCUT2D eigenvalue weighted by atomic mass is 10.3. The van der Waals surface area contributed by atoms with Gasteiger partial charge < -0.3 is 5.32 Å². The van der Waals surface area contributed by atoms with Gasteiger partial charge in [0.25, 0.3) is 11.5 Å². The second kappa shape index (κ2) is 5.79. The first-order chi connectivity index (χ1) is 10.1. The predicted molar refractivity (Wildman–Crippen MR) is 84.7 cm³/mol. The standard InChI is InChI=1S/C14H10BrN3O2S/c15-11-5-4-9(21-11)7-17-13(19)10-8-16-12-3-1-2-6-18(12)14(10)20/h1-6,8H,7H2,(H,17,19). The Morgan fingerprint density at radius 1 is 1.33 bits per heavy atom. The molecule has 21 heavy (non-hydrogen) atoms. The Kier molecular flexibility index (Phi) is 3.85. The molecule has 0 atom stereocenters. The summed E-state index contributed by atoms with van der Waals surface area (Å²) >= 11 is 4.90. The van der Waals surface area contributed by atoms with E-state index in [0.29, 0.717) is 12.2 Å². The zero-order chi connectivity index (χ0) is 14.8. The van der Waals surface area contributed by atoms with E-state index in [0.717, 1.165) is 8.66 Å². The van der Waals surface area contributed by atoms with Crippen LogP contribution in [0.15, 0.2) is 51.3 Å². The third-order valence-corrected chi connectivity index (χ3v) is 4.53. The Morgan fingerprint density at radius 3 is 2.95 bits per heavy atom. The fourth-order valence-electron chi connectivity index (χ4n) is 1.89. The van der Waals surface area contributed by atoms with Crippen molar-refractivity contribution in [2.24, 2.45) is 0 Å². The molecule has 7 heteroatoms. The molecule has 3 heterocycles. The van der Waals surface area contributed by atoms with Crippen LogP contribution in [0.2, 0.25) is 0 Å². The smallest absolute Gasteiger partial charge is 0.270 e. The largest absolute Gasteiger partial charge is 0.347 e. The van der Waals surface area contributed by atoms with Crippen molar-refractivity contribution in [3.05, 3.63) is 67.3 Å². The minimum atomic E-state index is -0.421. The summed E-state index contributed by atoms with van der Waals surface area (Å²) in [6.45, 7) is 0.381. The fourth-order valence-corrected chi connectivity index (χ4v) is 3.31. The summed E-state index contributed by atoms with van der Waals surface area (Å²) in [5.74, 6) is -0.421. The molecule has 0 radical (unpaired) electrons. The Hall–Kier alpha value is -1.99. The van der Waals surface area contributed by atoms with Gasteiger partial charge >= 0.3 is 0 Å². The topological polar surface area (TPSA) is 63.5 Å². The maximum atomic E-state index is 12.2. The van der Waals surface area contributed by atoms with Crippen LogP contribution in [0, 0.1) is 0 Å². The molecule has 106 valence electrons. The lowest BCUT2D eigenvalue weighted by molar-refractivity contribution is 0.0949. The molecular weight excluding hydrogens is 354 g/mol. The average molecular weight is 364 g/mol. The number of amides is 1. The van der Waals surface area contributed by atoms with Crippen LogP contribution in [0.25, 0.3) is 5.65 Å². The van der Waals surface area contributed by atoms with Crippen LogP contribution in [0.4, 0.5) is 0 Å². The first-order valence-electron chi connectivity index (χ1n) is 6.14. The molecule has 5 nitrogen and oxygen atoms in total. The van der Waals surface area contributed by atoms with Crippen LogP contribution in [-0.4, -0.2) is 15.3 Å². The third kappa shape index (κ3) is 2.88. The van der Waals surface area contributed by atoms with Gasteiger partial charge in [-0.15, -0.1) is 11.3 Å². The van der Waals surface area contributed by atoms with Crippen LogP contribution in [-0.2, 0) is 6.54 Å². The van der Waals surface area contributed by atoms with E-state index in [1.165, 1.54) is 21.9 Å². The van der Waals surface area contributed by atoms with Crippen molar-refractivity contribution < 1.29 is 4.79 Å². The average Bonchev–Trinajstić information content (AvgIpc) is 2.91. The maximum Gasteiger partial charge on any atom is 0.270 e. The number of halogens is 1. The monoisotopic (exact) mass is 363 g/mol. The van der Waals surface area contributed by atoms with Crippen LogP contribution < -0.4 is 10.9 Å². The lowest BCUT2D eigenvalue weighted by Crippen LogP contribution is -2.31. The van der Waals surface area contributed by atoms with Crippen molar-refractivity contribution in [2.75, 3.05) is 0 Å². The first kappa shape index (κ1) is 14.0. The Bertz CT molecular complexity index is 872. The van der Waals surface area contributed by atoms with E-state index < -0.39 is 5.91 Å². The van der Waals surface area contributed by atoms with Crippen LogP contribution in [0.3, 0.4) is 0 Å². The summed E-state index contributed by atoms with van der Waals surface area (Å²) in [6, 6.07) is 9.06. The Balaban J connectivity index is 1.84. The second-order valence-electron chi connectivity index (χ2n) is 4.29. The van der Waals surface area contributed by atoms with Gasteiger partial charge in [0.15, 0.2) is 0 Å². The summed E-state index contributed by atoms with van der Waals surface area (Å²) in [4.78, 5) is 29.5. The molecule has 3 aromatic heterocycles. The van der Waals surface area contributed by atoms with E-state index in [1.807, 2.05) is 12.1 Å². The molecule has 1 N–H and O–H groups in total. The van der Waals surface area contributed by atoms with E-state index >= 15 is 0 Å². The molecule has 3 aromatic rings. The number of hydrogen-bond donors (Lipinski definition) is 1. The van der Waals surface area contributed by atoms with Crippen LogP contribution in [0.1, 0.15) is 15.2 Å². The summed E-state index contributed by atoms with van der Waals surface area (Å²) in [7, 11) is 0. The number of rotatable bonds is 3. The molecule has 1 amide bonds. The summed E-state index contributed by atoms with van der Waals surface area (Å²) in [6.07, 6.45) is 2.91. The molecule has 0 spiro atoms. The minimum absolute atomic E-state index is 0.0364.